The lowest BCUT2D eigenvalue weighted by Crippen LogP contribution is -2.58. The maximum Gasteiger partial charge on any atom is 0.139 e. The number of allylic oxidation sites excluding steroid dienone is 1. The largest absolute Gasteiger partial charge is 0.390 e. The van der Waals surface area contributed by atoms with E-state index in [1.54, 1.807) is 19.9 Å². The van der Waals surface area contributed by atoms with Crippen molar-refractivity contribution in [3.05, 3.63) is 12.2 Å². The third kappa shape index (κ3) is 1.84. The van der Waals surface area contributed by atoms with Crippen molar-refractivity contribution in [1.29, 1.82) is 0 Å². The van der Waals surface area contributed by atoms with Crippen LogP contribution in [0.4, 0.5) is 0 Å². The van der Waals surface area contributed by atoms with Crippen LogP contribution in [0.15, 0.2) is 12.2 Å². The van der Waals surface area contributed by atoms with Crippen LogP contribution in [0.25, 0.3) is 0 Å². The number of carbonyl (C=O) groups is 1. The Morgan fingerprint density at radius 1 is 1.28 bits per heavy atom. The molecule has 2 rings (SSSR count). The average molecular weight is 252 g/mol. The Kier molecular flexibility index (Phi) is 2.99. The highest BCUT2D eigenvalue weighted by atomic mass is 16.3. The van der Waals surface area contributed by atoms with Gasteiger partial charge in [0.05, 0.1) is 16.6 Å². The second-order valence-corrected chi connectivity index (χ2v) is 6.78. The summed E-state index contributed by atoms with van der Waals surface area (Å²) in [6.07, 6.45) is 5.89. The van der Waals surface area contributed by atoms with E-state index in [0.29, 0.717) is 12.8 Å². The third-order valence-corrected chi connectivity index (χ3v) is 5.38. The summed E-state index contributed by atoms with van der Waals surface area (Å²) < 4.78 is 0. The standard InChI is InChI=1S/C15H24O3/c1-10(16)15(4)12-6-7-13(2,17)9-11(12)5-8-14(15,3)18/h5,8,11-12,17-18H,6-7,9H2,1-4H3. The highest BCUT2D eigenvalue weighted by Gasteiger charge is 2.57. The molecule has 0 aliphatic heterocycles. The van der Waals surface area contributed by atoms with Crippen LogP contribution >= 0.6 is 0 Å². The van der Waals surface area contributed by atoms with Crippen molar-refractivity contribution in [3.8, 4) is 0 Å². The van der Waals surface area contributed by atoms with Gasteiger partial charge in [-0.15, -0.1) is 0 Å². The fraction of sp³-hybridized carbons (Fsp3) is 0.800. The lowest BCUT2D eigenvalue weighted by molar-refractivity contribution is -0.155. The Labute approximate surface area is 109 Å². The molecule has 18 heavy (non-hydrogen) atoms. The van der Waals surface area contributed by atoms with Gasteiger partial charge in [0.1, 0.15) is 5.78 Å². The highest BCUT2D eigenvalue weighted by Crippen LogP contribution is 2.54. The summed E-state index contributed by atoms with van der Waals surface area (Å²) in [4.78, 5) is 12.1. The molecule has 102 valence electrons. The molecule has 1 saturated carbocycles. The van der Waals surface area contributed by atoms with Crippen molar-refractivity contribution in [2.45, 2.75) is 58.2 Å². The third-order valence-electron chi connectivity index (χ3n) is 5.38. The van der Waals surface area contributed by atoms with Crippen LogP contribution in [0.5, 0.6) is 0 Å². The molecule has 1 fully saturated rings. The van der Waals surface area contributed by atoms with Crippen LogP contribution in [0, 0.1) is 17.3 Å². The van der Waals surface area contributed by atoms with E-state index >= 15 is 0 Å². The molecule has 0 saturated heterocycles. The van der Waals surface area contributed by atoms with Gasteiger partial charge in [0, 0.05) is 0 Å². The Bertz CT molecular complexity index is 395. The van der Waals surface area contributed by atoms with E-state index in [1.165, 1.54) is 0 Å². The number of aliphatic hydroxyl groups is 2. The van der Waals surface area contributed by atoms with Gasteiger partial charge in [-0.05, 0) is 58.8 Å². The minimum atomic E-state index is -1.09. The van der Waals surface area contributed by atoms with Crippen molar-refractivity contribution >= 4 is 5.78 Å². The zero-order valence-electron chi connectivity index (χ0n) is 11.7. The molecule has 2 N–H and O–H groups in total. The summed E-state index contributed by atoms with van der Waals surface area (Å²) in [5, 5.41) is 20.7. The first-order chi connectivity index (χ1) is 8.10. The van der Waals surface area contributed by atoms with Gasteiger partial charge in [-0.3, -0.25) is 4.79 Å². The lowest BCUT2D eigenvalue weighted by atomic mass is 9.52. The molecule has 5 unspecified atom stereocenters. The first-order valence-corrected chi connectivity index (χ1v) is 6.75. The molecule has 0 aromatic carbocycles. The topological polar surface area (TPSA) is 57.5 Å². The zero-order valence-corrected chi connectivity index (χ0v) is 11.7. The van der Waals surface area contributed by atoms with Crippen molar-refractivity contribution in [1.82, 2.24) is 0 Å². The number of hydrogen-bond donors (Lipinski definition) is 2. The summed E-state index contributed by atoms with van der Waals surface area (Å²) in [5.41, 5.74) is -2.49. The lowest BCUT2D eigenvalue weighted by Gasteiger charge is -2.54. The summed E-state index contributed by atoms with van der Waals surface area (Å²) in [6.45, 7) is 7.01. The molecule has 0 radical (unpaired) electrons. The summed E-state index contributed by atoms with van der Waals surface area (Å²) in [7, 11) is 0. The number of fused-ring (bicyclic) bond motifs is 1. The molecule has 0 spiro atoms. The molecule has 2 aliphatic rings. The Morgan fingerprint density at radius 3 is 2.44 bits per heavy atom. The predicted molar refractivity (Wildman–Crippen MR) is 70.0 cm³/mol. The van der Waals surface area contributed by atoms with E-state index in [1.807, 2.05) is 19.9 Å². The monoisotopic (exact) mass is 252 g/mol. The minimum Gasteiger partial charge on any atom is -0.390 e. The fourth-order valence-corrected chi connectivity index (χ4v) is 3.83. The highest BCUT2D eigenvalue weighted by molar-refractivity contribution is 5.84. The summed E-state index contributed by atoms with van der Waals surface area (Å²) in [5.74, 6) is 0.339. The Balaban J connectivity index is 2.42. The van der Waals surface area contributed by atoms with E-state index in [2.05, 4.69) is 0 Å². The molecule has 2 aliphatic carbocycles. The molecule has 3 heteroatoms. The predicted octanol–water partition coefficient (Wildman–Crippen LogP) is 2.07. The van der Waals surface area contributed by atoms with Crippen LogP contribution in [-0.4, -0.2) is 27.2 Å². The SMILES string of the molecule is CC(=O)C1(C)C2CCC(C)(O)CC2C=CC1(C)O. The number of Topliss-reactive ketones (excluding diaryl/α,β-unsaturated/α-hetero) is 1. The quantitative estimate of drug-likeness (QED) is 0.702. The number of rotatable bonds is 1. The number of carbonyl (C=O) groups excluding carboxylic acids is 1. The van der Waals surface area contributed by atoms with Gasteiger partial charge in [-0.2, -0.15) is 0 Å². The maximum atomic E-state index is 12.1. The van der Waals surface area contributed by atoms with Crippen molar-refractivity contribution in [2.24, 2.45) is 17.3 Å². The Hall–Kier alpha value is -0.670. The van der Waals surface area contributed by atoms with Crippen molar-refractivity contribution in [3.63, 3.8) is 0 Å². The first kappa shape index (κ1) is 13.8. The van der Waals surface area contributed by atoms with Crippen LogP contribution in [-0.2, 0) is 4.79 Å². The van der Waals surface area contributed by atoms with Gasteiger partial charge in [-0.25, -0.2) is 0 Å². The van der Waals surface area contributed by atoms with E-state index in [0.717, 1.165) is 6.42 Å². The number of ketones is 1. The second-order valence-electron chi connectivity index (χ2n) is 6.78. The van der Waals surface area contributed by atoms with Crippen molar-refractivity contribution in [2.75, 3.05) is 0 Å². The van der Waals surface area contributed by atoms with Gasteiger partial charge in [0.25, 0.3) is 0 Å². The zero-order chi connectivity index (χ0) is 13.8. The molecule has 0 bridgehead atoms. The van der Waals surface area contributed by atoms with Gasteiger partial charge in [0.15, 0.2) is 0 Å². The van der Waals surface area contributed by atoms with Crippen LogP contribution in [0.3, 0.4) is 0 Å². The van der Waals surface area contributed by atoms with Gasteiger partial charge >= 0.3 is 0 Å². The molecular formula is C15H24O3. The van der Waals surface area contributed by atoms with Gasteiger partial charge in [-0.1, -0.05) is 12.2 Å². The smallest absolute Gasteiger partial charge is 0.139 e. The van der Waals surface area contributed by atoms with Gasteiger partial charge in [0.2, 0.25) is 0 Å². The molecule has 5 atom stereocenters. The molecule has 0 aromatic heterocycles. The minimum absolute atomic E-state index is 0.0355. The molecule has 0 aromatic rings. The first-order valence-electron chi connectivity index (χ1n) is 6.75. The van der Waals surface area contributed by atoms with E-state index in [-0.39, 0.29) is 17.6 Å². The molecule has 0 heterocycles. The molecular weight excluding hydrogens is 228 g/mol. The van der Waals surface area contributed by atoms with Gasteiger partial charge < -0.3 is 10.2 Å². The average Bonchev–Trinajstić information content (AvgIpc) is 2.22. The van der Waals surface area contributed by atoms with Crippen molar-refractivity contribution < 1.29 is 15.0 Å². The van der Waals surface area contributed by atoms with E-state index in [9.17, 15) is 15.0 Å². The fourth-order valence-electron chi connectivity index (χ4n) is 3.83. The van der Waals surface area contributed by atoms with E-state index < -0.39 is 16.6 Å². The normalized spacial score (nSPS) is 51.9. The molecule has 3 nitrogen and oxygen atoms in total. The van der Waals surface area contributed by atoms with E-state index in [4.69, 9.17) is 0 Å². The van der Waals surface area contributed by atoms with Crippen LogP contribution in [0.1, 0.15) is 47.0 Å². The maximum absolute atomic E-state index is 12.1. The summed E-state index contributed by atoms with van der Waals surface area (Å²) in [6, 6.07) is 0. The molecule has 0 amide bonds. The van der Waals surface area contributed by atoms with Crippen LogP contribution < -0.4 is 0 Å². The number of hydrogen-bond acceptors (Lipinski definition) is 3. The van der Waals surface area contributed by atoms with Crippen LogP contribution in [0.2, 0.25) is 0 Å². The second kappa shape index (κ2) is 3.91. The summed E-state index contributed by atoms with van der Waals surface area (Å²) >= 11 is 0. The Morgan fingerprint density at radius 2 is 1.89 bits per heavy atom.